The van der Waals surface area contributed by atoms with Gasteiger partial charge >= 0.3 is 0 Å². The molecule has 0 aliphatic carbocycles. The van der Waals surface area contributed by atoms with E-state index in [9.17, 15) is 4.79 Å². The minimum Gasteiger partial charge on any atom is -0.375 e. The highest BCUT2D eigenvalue weighted by Gasteiger charge is 2.19. The van der Waals surface area contributed by atoms with Crippen molar-refractivity contribution in [2.24, 2.45) is 17.6 Å². The van der Waals surface area contributed by atoms with Crippen LogP contribution in [0.2, 0.25) is 0 Å². The summed E-state index contributed by atoms with van der Waals surface area (Å²) in [6, 6.07) is 10.2. The van der Waals surface area contributed by atoms with Gasteiger partial charge < -0.3 is 16.0 Å². The molecule has 0 heterocycles. The van der Waals surface area contributed by atoms with Gasteiger partial charge in [0.25, 0.3) is 0 Å². The fourth-order valence-corrected chi connectivity index (χ4v) is 2.15. The first-order chi connectivity index (χ1) is 9.56. The van der Waals surface area contributed by atoms with Crippen molar-refractivity contribution < 1.29 is 4.79 Å². The van der Waals surface area contributed by atoms with E-state index in [1.165, 1.54) is 5.69 Å². The number of benzene rings is 1. The van der Waals surface area contributed by atoms with Gasteiger partial charge in [-0.3, -0.25) is 4.79 Å². The maximum Gasteiger partial charge on any atom is 0.224 e. The van der Waals surface area contributed by atoms with Crippen LogP contribution >= 0.6 is 0 Å². The van der Waals surface area contributed by atoms with Crippen molar-refractivity contribution in [3.63, 3.8) is 0 Å². The maximum atomic E-state index is 11.9. The number of carbonyl (C=O) groups excluding carboxylic acids is 1. The standard InChI is InChI=1S/C16H27N3O/c1-13(2)15(12-17)16(20)18-10-7-11-19(3)14-8-5-4-6-9-14/h4-6,8-9,13,15H,7,10-12,17H2,1-3H3,(H,18,20). The van der Waals surface area contributed by atoms with Crippen LogP contribution in [0.25, 0.3) is 0 Å². The van der Waals surface area contributed by atoms with Crippen LogP contribution in [0.4, 0.5) is 5.69 Å². The summed E-state index contributed by atoms with van der Waals surface area (Å²) in [6.45, 7) is 6.08. The number of rotatable bonds is 8. The van der Waals surface area contributed by atoms with Crippen molar-refractivity contribution in [3.8, 4) is 0 Å². The second-order valence-corrected chi connectivity index (χ2v) is 5.49. The van der Waals surface area contributed by atoms with Gasteiger partial charge in [0.2, 0.25) is 5.91 Å². The van der Waals surface area contributed by atoms with Crippen LogP contribution in [-0.4, -0.2) is 32.6 Å². The highest BCUT2D eigenvalue weighted by atomic mass is 16.1. The molecular weight excluding hydrogens is 250 g/mol. The van der Waals surface area contributed by atoms with E-state index in [-0.39, 0.29) is 17.7 Å². The largest absolute Gasteiger partial charge is 0.375 e. The van der Waals surface area contributed by atoms with Gasteiger partial charge in [0, 0.05) is 32.4 Å². The highest BCUT2D eigenvalue weighted by molar-refractivity contribution is 5.79. The zero-order valence-electron chi connectivity index (χ0n) is 12.8. The lowest BCUT2D eigenvalue weighted by atomic mass is 9.95. The number of carbonyl (C=O) groups is 1. The van der Waals surface area contributed by atoms with Gasteiger partial charge in [-0.1, -0.05) is 32.0 Å². The van der Waals surface area contributed by atoms with Crippen LogP contribution in [0.5, 0.6) is 0 Å². The molecule has 0 spiro atoms. The molecule has 20 heavy (non-hydrogen) atoms. The van der Waals surface area contributed by atoms with Crippen LogP contribution in [0.1, 0.15) is 20.3 Å². The summed E-state index contributed by atoms with van der Waals surface area (Å²) in [5.41, 5.74) is 6.83. The normalized spacial score (nSPS) is 12.2. The number of hydrogen-bond donors (Lipinski definition) is 2. The van der Waals surface area contributed by atoms with Crippen molar-refractivity contribution in [1.29, 1.82) is 0 Å². The topological polar surface area (TPSA) is 58.4 Å². The first-order valence-electron chi connectivity index (χ1n) is 7.30. The van der Waals surface area contributed by atoms with Crippen LogP contribution in [-0.2, 0) is 4.79 Å². The molecule has 112 valence electrons. The average Bonchev–Trinajstić information content (AvgIpc) is 2.44. The minimum absolute atomic E-state index is 0.0739. The van der Waals surface area contributed by atoms with Crippen LogP contribution < -0.4 is 16.0 Å². The lowest BCUT2D eigenvalue weighted by molar-refractivity contribution is -0.125. The molecule has 1 rings (SSSR count). The predicted octanol–water partition coefficient (Wildman–Crippen LogP) is 1.86. The van der Waals surface area contributed by atoms with Gasteiger partial charge in [0.05, 0.1) is 5.92 Å². The summed E-state index contributed by atoms with van der Waals surface area (Å²) < 4.78 is 0. The van der Waals surface area contributed by atoms with E-state index in [2.05, 4.69) is 29.4 Å². The Morgan fingerprint density at radius 1 is 1.30 bits per heavy atom. The molecule has 1 amide bonds. The lowest BCUT2D eigenvalue weighted by Gasteiger charge is -2.21. The summed E-state index contributed by atoms with van der Waals surface area (Å²) in [7, 11) is 2.06. The zero-order chi connectivity index (χ0) is 15.0. The van der Waals surface area contributed by atoms with Gasteiger partial charge in [0.15, 0.2) is 0 Å². The van der Waals surface area contributed by atoms with Crippen LogP contribution in [0.15, 0.2) is 30.3 Å². The number of nitrogens with two attached hydrogens (primary N) is 1. The summed E-state index contributed by atoms with van der Waals surface area (Å²) in [6.07, 6.45) is 0.923. The Balaban J connectivity index is 2.26. The lowest BCUT2D eigenvalue weighted by Crippen LogP contribution is -2.39. The molecule has 1 atom stereocenters. The third kappa shape index (κ3) is 5.21. The van der Waals surface area contributed by atoms with E-state index < -0.39 is 0 Å². The van der Waals surface area contributed by atoms with Gasteiger partial charge in [-0.2, -0.15) is 0 Å². The number of nitrogens with zero attached hydrogens (tertiary/aromatic N) is 1. The molecule has 1 aromatic carbocycles. The number of hydrogen-bond acceptors (Lipinski definition) is 3. The van der Waals surface area contributed by atoms with E-state index in [4.69, 9.17) is 5.73 Å². The summed E-state index contributed by atoms with van der Waals surface area (Å²) in [5, 5.41) is 2.98. The molecule has 0 bridgehead atoms. The van der Waals surface area contributed by atoms with Crippen molar-refractivity contribution in [1.82, 2.24) is 5.32 Å². The van der Waals surface area contributed by atoms with Gasteiger partial charge in [0.1, 0.15) is 0 Å². The molecule has 4 nitrogen and oxygen atoms in total. The monoisotopic (exact) mass is 277 g/mol. The van der Waals surface area contributed by atoms with Gasteiger partial charge in [-0.05, 0) is 24.5 Å². The SMILES string of the molecule is CC(C)C(CN)C(=O)NCCCN(C)c1ccccc1. The number of amides is 1. The Hall–Kier alpha value is -1.55. The van der Waals surface area contributed by atoms with E-state index in [0.29, 0.717) is 13.1 Å². The molecule has 3 N–H and O–H groups in total. The fraction of sp³-hybridized carbons (Fsp3) is 0.562. The van der Waals surface area contributed by atoms with Crippen molar-refractivity contribution in [2.75, 3.05) is 31.6 Å². The molecular formula is C16H27N3O. The minimum atomic E-state index is -0.0816. The fourth-order valence-electron chi connectivity index (χ4n) is 2.15. The third-order valence-corrected chi connectivity index (χ3v) is 3.56. The second-order valence-electron chi connectivity index (χ2n) is 5.49. The number of nitrogens with one attached hydrogen (secondary N) is 1. The number of anilines is 1. The highest BCUT2D eigenvalue weighted by Crippen LogP contribution is 2.11. The van der Waals surface area contributed by atoms with Crippen LogP contribution in [0.3, 0.4) is 0 Å². The summed E-state index contributed by atoms with van der Waals surface area (Å²) >= 11 is 0. The quantitative estimate of drug-likeness (QED) is 0.713. The Kier molecular flexibility index (Phi) is 7.09. The Morgan fingerprint density at radius 2 is 1.95 bits per heavy atom. The molecule has 0 aliphatic rings. The van der Waals surface area contributed by atoms with Gasteiger partial charge in [-0.15, -0.1) is 0 Å². The second kappa shape index (κ2) is 8.59. The molecule has 0 aromatic heterocycles. The Bertz CT molecular complexity index is 392. The van der Waals surface area contributed by atoms with E-state index >= 15 is 0 Å². The molecule has 1 aromatic rings. The summed E-state index contributed by atoms with van der Waals surface area (Å²) in [5.74, 6) is 0.277. The van der Waals surface area contributed by atoms with Crippen molar-refractivity contribution >= 4 is 11.6 Å². The summed E-state index contributed by atoms with van der Waals surface area (Å²) in [4.78, 5) is 14.1. The first kappa shape index (κ1) is 16.5. The van der Waals surface area contributed by atoms with Crippen LogP contribution in [0, 0.1) is 11.8 Å². The smallest absolute Gasteiger partial charge is 0.224 e. The van der Waals surface area contributed by atoms with E-state index in [0.717, 1.165) is 13.0 Å². The average molecular weight is 277 g/mol. The van der Waals surface area contributed by atoms with E-state index in [1.807, 2.05) is 32.0 Å². The number of para-hydroxylation sites is 1. The van der Waals surface area contributed by atoms with Gasteiger partial charge in [-0.25, -0.2) is 0 Å². The molecule has 0 saturated heterocycles. The van der Waals surface area contributed by atoms with E-state index in [1.54, 1.807) is 0 Å². The molecule has 0 radical (unpaired) electrons. The molecule has 0 saturated carbocycles. The predicted molar refractivity (Wildman–Crippen MR) is 84.7 cm³/mol. The maximum absolute atomic E-state index is 11.9. The third-order valence-electron chi connectivity index (χ3n) is 3.56. The Labute approximate surface area is 122 Å². The molecule has 0 aliphatic heterocycles. The Morgan fingerprint density at radius 3 is 2.50 bits per heavy atom. The zero-order valence-corrected chi connectivity index (χ0v) is 12.8. The molecule has 1 unspecified atom stereocenters. The molecule has 4 heteroatoms. The molecule has 0 fully saturated rings. The first-order valence-corrected chi connectivity index (χ1v) is 7.30. The van der Waals surface area contributed by atoms with Crippen molar-refractivity contribution in [3.05, 3.63) is 30.3 Å². The van der Waals surface area contributed by atoms with Crippen molar-refractivity contribution in [2.45, 2.75) is 20.3 Å².